The van der Waals surface area contributed by atoms with Crippen molar-refractivity contribution in [2.45, 2.75) is 12.1 Å². The molecule has 0 aliphatic heterocycles. The molecule has 4 aromatic rings. The highest BCUT2D eigenvalue weighted by molar-refractivity contribution is 7.99. The number of hydrogen-bond acceptors (Lipinski definition) is 4. The SMILES string of the molecule is Cc1[nH]c2ccccc2c1C(=O)CSc1nnc(-c2ccc(Cl)cc2)n1C. The number of carbonyl (C=O) groups excluding carboxylic acids is 1. The molecule has 4 rings (SSSR count). The molecule has 0 bridgehead atoms. The molecular weight excluding hydrogens is 380 g/mol. The second kappa shape index (κ2) is 7.21. The van der Waals surface area contributed by atoms with Gasteiger partial charge in [-0.1, -0.05) is 41.6 Å². The summed E-state index contributed by atoms with van der Waals surface area (Å²) in [7, 11) is 1.90. The van der Waals surface area contributed by atoms with E-state index in [4.69, 9.17) is 11.6 Å². The van der Waals surface area contributed by atoms with E-state index < -0.39 is 0 Å². The van der Waals surface area contributed by atoms with Crippen LogP contribution in [0.3, 0.4) is 0 Å². The first-order valence-corrected chi connectivity index (χ1v) is 9.79. The minimum Gasteiger partial charge on any atom is -0.358 e. The van der Waals surface area contributed by atoms with Gasteiger partial charge in [0.25, 0.3) is 0 Å². The van der Waals surface area contributed by atoms with E-state index in [0.29, 0.717) is 15.9 Å². The predicted molar refractivity (Wildman–Crippen MR) is 110 cm³/mol. The minimum atomic E-state index is 0.0750. The van der Waals surface area contributed by atoms with Crippen LogP contribution in [0.15, 0.2) is 53.7 Å². The molecule has 0 radical (unpaired) electrons. The summed E-state index contributed by atoms with van der Waals surface area (Å²) in [5.41, 5.74) is 3.55. The summed E-state index contributed by atoms with van der Waals surface area (Å²) in [6.45, 7) is 1.93. The number of halogens is 1. The number of ketones is 1. The van der Waals surface area contributed by atoms with E-state index in [0.717, 1.165) is 33.5 Å². The zero-order chi connectivity index (χ0) is 19.0. The van der Waals surface area contributed by atoms with Gasteiger partial charge in [0.15, 0.2) is 16.8 Å². The molecule has 0 spiro atoms. The van der Waals surface area contributed by atoms with Gasteiger partial charge < -0.3 is 9.55 Å². The lowest BCUT2D eigenvalue weighted by molar-refractivity contribution is 0.102. The molecule has 5 nitrogen and oxygen atoms in total. The lowest BCUT2D eigenvalue weighted by Gasteiger charge is -2.04. The average molecular weight is 397 g/mol. The Bertz CT molecular complexity index is 1130. The third kappa shape index (κ3) is 3.38. The molecule has 0 fully saturated rings. The van der Waals surface area contributed by atoms with E-state index in [1.807, 2.05) is 67.1 Å². The van der Waals surface area contributed by atoms with Gasteiger partial charge in [0.05, 0.1) is 5.75 Å². The molecule has 0 aliphatic rings. The van der Waals surface area contributed by atoms with Crippen LogP contribution in [0, 0.1) is 6.92 Å². The fraction of sp³-hybridized carbons (Fsp3) is 0.150. The normalized spacial score (nSPS) is 11.2. The molecule has 0 saturated heterocycles. The van der Waals surface area contributed by atoms with Crippen LogP contribution in [-0.4, -0.2) is 31.3 Å². The van der Waals surface area contributed by atoms with E-state index in [9.17, 15) is 4.79 Å². The number of aryl methyl sites for hydroxylation is 1. The molecule has 0 saturated carbocycles. The number of Topliss-reactive ketones (excluding diaryl/α,β-unsaturated/α-hetero) is 1. The maximum absolute atomic E-state index is 12.8. The number of nitrogens with zero attached hydrogens (tertiary/aromatic N) is 3. The first-order valence-electron chi connectivity index (χ1n) is 8.43. The number of rotatable bonds is 5. The van der Waals surface area contributed by atoms with Crippen molar-refractivity contribution >= 4 is 40.0 Å². The molecule has 7 heteroatoms. The highest BCUT2D eigenvalue weighted by atomic mass is 35.5. The van der Waals surface area contributed by atoms with Gasteiger partial charge in [-0.2, -0.15) is 0 Å². The number of benzene rings is 2. The summed E-state index contributed by atoms with van der Waals surface area (Å²) in [5.74, 6) is 1.12. The summed E-state index contributed by atoms with van der Waals surface area (Å²) in [5, 5.41) is 10.8. The quantitative estimate of drug-likeness (QED) is 0.385. The van der Waals surface area contributed by atoms with Crippen molar-refractivity contribution in [1.82, 2.24) is 19.7 Å². The molecule has 0 amide bonds. The second-order valence-electron chi connectivity index (χ2n) is 6.25. The van der Waals surface area contributed by atoms with Crippen LogP contribution in [0.25, 0.3) is 22.3 Å². The van der Waals surface area contributed by atoms with Gasteiger partial charge in [-0.05, 0) is 37.3 Å². The van der Waals surface area contributed by atoms with Crippen molar-refractivity contribution in [2.75, 3.05) is 5.75 Å². The molecule has 2 aromatic heterocycles. The van der Waals surface area contributed by atoms with Crippen LogP contribution < -0.4 is 0 Å². The monoisotopic (exact) mass is 396 g/mol. The Labute approximate surface area is 165 Å². The first kappa shape index (κ1) is 17.8. The lowest BCUT2D eigenvalue weighted by atomic mass is 10.1. The van der Waals surface area contributed by atoms with Gasteiger partial charge in [-0.25, -0.2) is 0 Å². The summed E-state index contributed by atoms with van der Waals surface area (Å²) in [6.07, 6.45) is 0. The van der Waals surface area contributed by atoms with Gasteiger partial charge in [-0.3, -0.25) is 4.79 Å². The van der Waals surface area contributed by atoms with Crippen LogP contribution in [0.5, 0.6) is 0 Å². The summed E-state index contributed by atoms with van der Waals surface area (Å²) in [4.78, 5) is 16.1. The number of H-pyrrole nitrogens is 1. The molecule has 2 heterocycles. The fourth-order valence-electron chi connectivity index (χ4n) is 3.13. The van der Waals surface area contributed by atoms with Crippen molar-refractivity contribution in [2.24, 2.45) is 7.05 Å². The molecule has 136 valence electrons. The Morgan fingerprint density at radius 2 is 1.89 bits per heavy atom. The maximum Gasteiger partial charge on any atom is 0.191 e. The minimum absolute atomic E-state index is 0.0750. The number of aromatic nitrogens is 4. The van der Waals surface area contributed by atoms with Gasteiger partial charge in [0.2, 0.25) is 0 Å². The van der Waals surface area contributed by atoms with Crippen molar-refractivity contribution in [3.05, 3.63) is 64.8 Å². The van der Waals surface area contributed by atoms with Crippen LogP contribution >= 0.6 is 23.4 Å². The van der Waals surface area contributed by atoms with E-state index >= 15 is 0 Å². The lowest BCUT2D eigenvalue weighted by Crippen LogP contribution is -2.05. The number of para-hydroxylation sites is 1. The Morgan fingerprint density at radius 1 is 1.15 bits per heavy atom. The van der Waals surface area contributed by atoms with E-state index in [1.165, 1.54) is 11.8 Å². The molecule has 0 atom stereocenters. The Morgan fingerprint density at radius 3 is 2.67 bits per heavy atom. The number of nitrogens with one attached hydrogen (secondary N) is 1. The maximum atomic E-state index is 12.8. The predicted octanol–water partition coefficient (Wildman–Crippen LogP) is 4.90. The second-order valence-corrected chi connectivity index (χ2v) is 7.63. The Hall–Kier alpha value is -2.57. The van der Waals surface area contributed by atoms with Crippen molar-refractivity contribution in [3.8, 4) is 11.4 Å². The summed E-state index contributed by atoms with van der Waals surface area (Å²) < 4.78 is 1.89. The van der Waals surface area contributed by atoms with Crippen LogP contribution in [-0.2, 0) is 7.05 Å². The number of hydrogen-bond donors (Lipinski definition) is 1. The topological polar surface area (TPSA) is 63.6 Å². The van der Waals surface area contributed by atoms with E-state index in [1.54, 1.807) is 0 Å². The average Bonchev–Trinajstić information content (AvgIpc) is 3.19. The molecule has 0 unspecified atom stereocenters. The highest BCUT2D eigenvalue weighted by Crippen LogP contribution is 2.27. The van der Waals surface area contributed by atoms with Crippen LogP contribution in [0.1, 0.15) is 16.1 Å². The van der Waals surface area contributed by atoms with Gasteiger partial charge in [0.1, 0.15) is 0 Å². The summed E-state index contributed by atoms with van der Waals surface area (Å²) in [6, 6.07) is 15.3. The molecule has 2 aromatic carbocycles. The van der Waals surface area contributed by atoms with E-state index in [2.05, 4.69) is 15.2 Å². The van der Waals surface area contributed by atoms with Crippen LogP contribution in [0.2, 0.25) is 5.02 Å². The van der Waals surface area contributed by atoms with Crippen molar-refractivity contribution in [3.63, 3.8) is 0 Å². The third-order valence-electron chi connectivity index (χ3n) is 4.44. The van der Waals surface area contributed by atoms with E-state index in [-0.39, 0.29) is 5.78 Å². The number of carbonyl (C=O) groups is 1. The first-order chi connectivity index (χ1) is 13.0. The standard InChI is InChI=1S/C20H17ClN4OS/c1-12-18(15-5-3-4-6-16(15)22-12)17(26)11-27-20-24-23-19(25(20)2)13-7-9-14(21)10-8-13/h3-10,22H,11H2,1-2H3. The third-order valence-corrected chi connectivity index (χ3v) is 5.71. The molecule has 0 aliphatic carbocycles. The Kier molecular flexibility index (Phi) is 4.76. The Balaban J connectivity index is 1.54. The number of fused-ring (bicyclic) bond motifs is 1. The van der Waals surface area contributed by atoms with Crippen LogP contribution in [0.4, 0.5) is 0 Å². The van der Waals surface area contributed by atoms with Crippen molar-refractivity contribution < 1.29 is 4.79 Å². The number of aromatic amines is 1. The molecule has 1 N–H and O–H groups in total. The zero-order valence-corrected chi connectivity index (χ0v) is 16.4. The zero-order valence-electron chi connectivity index (χ0n) is 14.9. The molecule has 27 heavy (non-hydrogen) atoms. The van der Waals surface area contributed by atoms with Gasteiger partial charge in [-0.15, -0.1) is 10.2 Å². The summed E-state index contributed by atoms with van der Waals surface area (Å²) >= 11 is 7.33. The smallest absolute Gasteiger partial charge is 0.191 e. The fourth-order valence-corrected chi connectivity index (χ4v) is 4.04. The number of thioether (sulfide) groups is 1. The van der Waals surface area contributed by atoms with Gasteiger partial charge >= 0.3 is 0 Å². The molecular formula is C20H17ClN4OS. The highest BCUT2D eigenvalue weighted by Gasteiger charge is 2.18. The van der Waals surface area contributed by atoms with Gasteiger partial charge in [0, 0.05) is 39.8 Å². The van der Waals surface area contributed by atoms with Crippen molar-refractivity contribution in [1.29, 1.82) is 0 Å². The largest absolute Gasteiger partial charge is 0.358 e.